The van der Waals surface area contributed by atoms with Crippen molar-refractivity contribution in [2.75, 3.05) is 11.9 Å². The van der Waals surface area contributed by atoms with Crippen molar-refractivity contribution in [3.8, 4) is 17.3 Å². The van der Waals surface area contributed by atoms with E-state index in [9.17, 15) is 24.1 Å². The number of nitro groups is 1. The third-order valence-corrected chi connectivity index (χ3v) is 6.39. The van der Waals surface area contributed by atoms with Crippen LogP contribution in [0.15, 0.2) is 111 Å². The van der Waals surface area contributed by atoms with Crippen LogP contribution in [0.3, 0.4) is 0 Å². The lowest BCUT2D eigenvalue weighted by Crippen LogP contribution is -2.21. The Bertz CT molecular complexity index is 2090. The van der Waals surface area contributed by atoms with E-state index in [0.29, 0.717) is 16.5 Å². The molecule has 6 rings (SSSR count). The summed E-state index contributed by atoms with van der Waals surface area (Å²) in [6.45, 7) is -0.621. The van der Waals surface area contributed by atoms with Gasteiger partial charge in [0.25, 0.3) is 11.5 Å². The van der Waals surface area contributed by atoms with E-state index in [4.69, 9.17) is 9.15 Å². The van der Waals surface area contributed by atoms with Gasteiger partial charge in [-0.2, -0.15) is 9.78 Å². The summed E-state index contributed by atoms with van der Waals surface area (Å²) in [4.78, 5) is 41.8. The first-order valence-electron chi connectivity index (χ1n) is 12.9. The summed E-state index contributed by atoms with van der Waals surface area (Å²) in [6.07, 6.45) is 1.21. The zero-order valence-corrected chi connectivity index (χ0v) is 22.1. The molecule has 0 radical (unpaired) electrons. The minimum Gasteiger partial charge on any atom is -0.476 e. The number of anilines is 1. The average Bonchev–Trinajstić information content (AvgIpc) is 3.44. The Morgan fingerprint density at radius 2 is 1.84 bits per heavy atom. The number of nitrogens with one attached hydrogen (secondary N) is 1. The molecule has 1 N–H and O–H groups in total. The van der Waals surface area contributed by atoms with Gasteiger partial charge in [0, 0.05) is 22.7 Å². The lowest BCUT2D eigenvalue weighted by molar-refractivity contribution is -0.385. The van der Waals surface area contributed by atoms with E-state index in [0.717, 1.165) is 16.1 Å². The molecule has 0 unspecified atom stereocenters. The third-order valence-electron chi connectivity index (χ3n) is 6.39. The van der Waals surface area contributed by atoms with E-state index in [2.05, 4.69) is 15.4 Å². The van der Waals surface area contributed by atoms with E-state index in [1.165, 1.54) is 42.6 Å². The second kappa shape index (κ2) is 11.4. The first kappa shape index (κ1) is 27.0. The van der Waals surface area contributed by atoms with Crippen molar-refractivity contribution in [1.82, 2.24) is 9.66 Å². The number of furan rings is 1. The number of hydrogen-bond acceptors (Lipinski definition) is 8. The van der Waals surface area contributed by atoms with Crippen molar-refractivity contribution in [2.45, 2.75) is 0 Å². The first-order valence-corrected chi connectivity index (χ1v) is 12.9. The summed E-state index contributed by atoms with van der Waals surface area (Å²) in [7, 11) is 0. The predicted octanol–water partition coefficient (Wildman–Crippen LogP) is 5.76. The second-order valence-electron chi connectivity index (χ2n) is 9.26. The summed E-state index contributed by atoms with van der Waals surface area (Å²) >= 11 is 0. The highest BCUT2D eigenvalue weighted by molar-refractivity contribution is 5.92. The standard InChI is InChI=1S/C31H20FN5O6/c32-21-9-6-10-22(16-21)34-28(38)18-42-29-20(8-5-13-25(29)37(40)41)17-33-36-30(27-15-19-7-1-4-14-26(19)43-27)35-24-12-3-2-11-23(24)31(36)39/h1-17H,18H2,(H,34,38). The molecule has 43 heavy (non-hydrogen) atoms. The van der Waals surface area contributed by atoms with Gasteiger partial charge in [0.05, 0.1) is 22.0 Å². The van der Waals surface area contributed by atoms with Crippen LogP contribution in [0.1, 0.15) is 5.56 Å². The average molecular weight is 578 g/mol. The molecule has 0 saturated heterocycles. The van der Waals surface area contributed by atoms with Crippen LogP contribution in [0.5, 0.6) is 5.75 Å². The fourth-order valence-corrected chi connectivity index (χ4v) is 4.45. The maximum Gasteiger partial charge on any atom is 0.311 e. The number of ether oxygens (including phenoxy) is 1. The van der Waals surface area contributed by atoms with Gasteiger partial charge < -0.3 is 14.5 Å². The predicted molar refractivity (Wildman–Crippen MR) is 158 cm³/mol. The number of carbonyl (C=O) groups excluding carboxylic acids is 1. The Balaban J connectivity index is 1.39. The minimum absolute atomic E-state index is 0.110. The Kier molecular flexibility index (Phi) is 7.15. The molecule has 6 aromatic rings. The highest BCUT2D eigenvalue weighted by Gasteiger charge is 2.21. The van der Waals surface area contributed by atoms with E-state index < -0.39 is 34.5 Å². The van der Waals surface area contributed by atoms with E-state index in [-0.39, 0.29) is 28.6 Å². The van der Waals surface area contributed by atoms with E-state index >= 15 is 0 Å². The van der Waals surface area contributed by atoms with Gasteiger partial charge in [-0.05, 0) is 48.5 Å². The molecule has 0 atom stereocenters. The zero-order valence-electron chi connectivity index (χ0n) is 22.1. The summed E-state index contributed by atoms with van der Waals surface area (Å²) in [6, 6.07) is 25.1. The number of halogens is 1. The van der Waals surface area contributed by atoms with Crippen LogP contribution < -0.4 is 15.6 Å². The van der Waals surface area contributed by atoms with Gasteiger partial charge in [0.15, 0.2) is 12.4 Å². The number of amides is 1. The number of hydrogen-bond donors (Lipinski definition) is 1. The molecule has 212 valence electrons. The normalized spacial score (nSPS) is 11.3. The van der Waals surface area contributed by atoms with Crippen LogP contribution in [0.4, 0.5) is 15.8 Å². The number of nitro benzene ring substituents is 1. The molecular formula is C31H20FN5O6. The number of carbonyl (C=O) groups is 1. The number of rotatable bonds is 8. The van der Waals surface area contributed by atoms with Gasteiger partial charge in [-0.1, -0.05) is 42.5 Å². The lowest BCUT2D eigenvalue weighted by atomic mass is 10.2. The molecule has 11 nitrogen and oxygen atoms in total. The molecule has 0 spiro atoms. The minimum atomic E-state index is -0.672. The fraction of sp³-hybridized carbons (Fsp3) is 0.0323. The molecule has 12 heteroatoms. The zero-order chi connectivity index (χ0) is 29.9. The van der Waals surface area contributed by atoms with Gasteiger partial charge in [-0.3, -0.25) is 19.7 Å². The van der Waals surface area contributed by atoms with Crippen LogP contribution in [-0.4, -0.2) is 33.3 Å². The fourth-order valence-electron chi connectivity index (χ4n) is 4.45. The van der Waals surface area contributed by atoms with Crippen molar-refractivity contribution in [2.24, 2.45) is 5.10 Å². The molecule has 0 aliphatic rings. The monoisotopic (exact) mass is 577 g/mol. The van der Waals surface area contributed by atoms with Crippen molar-refractivity contribution in [3.63, 3.8) is 0 Å². The van der Waals surface area contributed by atoms with Crippen molar-refractivity contribution < 1.29 is 23.3 Å². The van der Waals surface area contributed by atoms with Gasteiger partial charge in [0.1, 0.15) is 11.4 Å². The topological polar surface area (TPSA) is 142 Å². The maximum absolute atomic E-state index is 13.6. The Morgan fingerprint density at radius 1 is 1.05 bits per heavy atom. The molecule has 0 aliphatic carbocycles. The molecule has 0 aliphatic heterocycles. The van der Waals surface area contributed by atoms with E-state index in [1.54, 1.807) is 36.4 Å². The highest BCUT2D eigenvalue weighted by Crippen LogP contribution is 2.31. The highest BCUT2D eigenvalue weighted by atomic mass is 19.1. The van der Waals surface area contributed by atoms with Crippen molar-refractivity contribution in [3.05, 3.63) is 129 Å². The number of benzene rings is 4. The van der Waals surface area contributed by atoms with Gasteiger partial charge in [0.2, 0.25) is 11.6 Å². The van der Waals surface area contributed by atoms with Crippen molar-refractivity contribution in [1.29, 1.82) is 0 Å². The van der Waals surface area contributed by atoms with Crippen LogP contribution in [-0.2, 0) is 4.79 Å². The Morgan fingerprint density at radius 3 is 2.65 bits per heavy atom. The largest absolute Gasteiger partial charge is 0.476 e. The summed E-state index contributed by atoms with van der Waals surface area (Å²) < 4.78 is 26.1. The van der Waals surface area contributed by atoms with E-state index in [1.807, 2.05) is 18.2 Å². The van der Waals surface area contributed by atoms with Gasteiger partial charge >= 0.3 is 5.69 Å². The summed E-state index contributed by atoms with van der Waals surface area (Å²) in [5.74, 6) is -1.08. The molecule has 4 aromatic carbocycles. The van der Waals surface area contributed by atoms with Gasteiger partial charge in [-0.25, -0.2) is 9.37 Å². The van der Waals surface area contributed by atoms with Crippen LogP contribution >= 0.6 is 0 Å². The second-order valence-corrected chi connectivity index (χ2v) is 9.26. The summed E-state index contributed by atoms with van der Waals surface area (Å²) in [5, 5.41) is 19.7. The quantitative estimate of drug-likeness (QED) is 0.138. The van der Waals surface area contributed by atoms with Crippen LogP contribution in [0.25, 0.3) is 33.5 Å². The lowest BCUT2D eigenvalue weighted by Gasteiger charge is -2.11. The SMILES string of the molecule is O=C(COc1c(C=Nn2c(-c3cc4ccccc4o3)nc3ccccc3c2=O)cccc1[N+](=O)[O-])Nc1cccc(F)c1. The Labute approximate surface area is 241 Å². The maximum atomic E-state index is 13.6. The number of aromatic nitrogens is 2. The third kappa shape index (κ3) is 5.57. The number of nitrogens with zero attached hydrogens (tertiary/aromatic N) is 4. The Hall–Kier alpha value is -6.17. The molecule has 0 fully saturated rings. The van der Waals surface area contributed by atoms with Crippen molar-refractivity contribution >= 4 is 45.4 Å². The number of para-hydroxylation sites is 3. The molecule has 2 heterocycles. The van der Waals surface area contributed by atoms with Gasteiger partial charge in [-0.15, -0.1) is 0 Å². The smallest absolute Gasteiger partial charge is 0.311 e. The molecule has 1 amide bonds. The summed E-state index contributed by atoms with van der Waals surface area (Å²) in [5.41, 5.74) is 0.394. The van der Waals surface area contributed by atoms with Crippen LogP contribution in [0, 0.1) is 15.9 Å². The first-order chi connectivity index (χ1) is 20.9. The molecular weight excluding hydrogens is 557 g/mol. The van der Waals surface area contributed by atoms with Crippen LogP contribution in [0.2, 0.25) is 0 Å². The molecule has 0 bridgehead atoms. The molecule has 2 aromatic heterocycles. The number of fused-ring (bicyclic) bond motifs is 2. The molecule has 0 saturated carbocycles.